The van der Waals surface area contributed by atoms with Gasteiger partial charge >= 0.3 is 0 Å². The summed E-state index contributed by atoms with van der Waals surface area (Å²) >= 11 is 0. The van der Waals surface area contributed by atoms with E-state index in [1.54, 1.807) is 0 Å². The molecule has 0 aliphatic carbocycles. The summed E-state index contributed by atoms with van der Waals surface area (Å²) in [7, 11) is 0. The smallest absolute Gasteiger partial charge is 0.222 e. The monoisotopic (exact) mass is 300 g/mol. The third kappa shape index (κ3) is 2.60. The van der Waals surface area contributed by atoms with E-state index in [2.05, 4.69) is 25.7 Å². The van der Waals surface area contributed by atoms with Gasteiger partial charge in [0.15, 0.2) is 12.2 Å². The summed E-state index contributed by atoms with van der Waals surface area (Å²) in [6.45, 7) is 3.39. The van der Waals surface area contributed by atoms with Crippen molar-refractivity contribution in [1.82, 2.24) is 15.6 Å². The minimum Gasteiger partial charge on any atom is -0.385 e. The fraction of sp³-hybridized carbons (Fsp3) is 0.357. The molecule has 116 valence electrons. The van der Waals surface area contributed by atoms with Gasteiger partial charge in [-0.25, -0.2) is 15.8 Å². The van der Waals surface area contributed by atoms with Crippen LogP contribution in [0.5, 0.6) is 0 Å². The highest BCUT2D eigenvalue weighted by Crippen LogP contribution is 2.21. The first-order chi connectivity index (χ1) is 10.7. The summed E-state index contributed by atoms with van der Waals surface area (Å²) < 4.78 is 0. The van der Waals surface area contributed by atoms with E-state index in [0.717, 1.165) is 12.1 Å². The van der Waals surface area contributed by atoms with E-state index in [9.17, 15) is 0 Å². The van der Waals surface area contributed by atoms with E-state index in [-0.39, 0.29) is 12.2 Å². The molecule has 0 aromatic heterocycles. The van der Waals surface area contributed by atoms with Crippen LogP contribution in [-0.4, -0.2) is 41.4 Å². The fourth-order valence-electron chi connectivity index (χ4n) is 2.59. The van der Waals surface area contributed by atoms with Crippen molar-refractivity contribution in [3.63, 3.8) is 0 Å². The first-order valence-corrected chi connectivity index (χ1v) is 7.23. The van der Waals surface area contributed by atoms with Crippen LogP contribution in [0.1, 0.15) is 12.5 Å². The first-order valence-electron chi connectivity index (χ1n) is 7.23. The second-order valence-corrected chi connectivity index (χ2v) is 5.07. The van der Waals surface area contributed by atoms with Crippen LogP contribution in [-0.2, 0) is 6.54 Å². The quantitative estimate of drug-likeness (QED) is 0.437. The van der Waals surface area contributed by atoms with Crippen LogP contribution in [0.3, 0.4) is 0 Å². The van der Waals surface area contributed by atoms with Crippen molar-refractivity contribution in [2.75, 3.05) is 6.54 Å². The lowest BCUT2D eigenvalue weighted by atomic mass is 10.2. The number of nitrogens with zero attached hydrogens (tertiary/aromatic N) is 4. The fourth-order valence-corrected chi connectivity index (χ4v) is 2.59. The molecule has 2 heterocycles. The Kier molecular flexibility index (Phi) is 3.92. The van der Waals surface area contributed by atoms with Crippen LogP contribution < -0.4 is 22.3 Å². The van der Waals surface area contributed by atoms with Gasteiger partial charge in [0, 0.05) is 13.1 Å². The van der Waals surface area contributed by atoms with Crippen LogP contribution in [0.25, 0.3) is 0 Å². The van der Waals surface area contributed by atoms with Crippen molar-refractivity contribution in [3.8, 4) is 0 Å². The molecule has 1 aromatic carbocycles. The van der Waals surface area contributed by atoms with Gasteiger partial charge in [0.1, 0.15) is 5.84 Å². The number of guanidine groups is 2. The predicted octanol–water partition coefficient (Wildman–Crippen LogP) is -0.647. The number of fused-ring (bicyclic) bond motifs is 1. The lowest BCUT2D eigenvalue weighted by Crippen LogP contribution is -2.50. The molecule has 0 amide bonds. The van der Waals surface area contributed by atoms with Crippen molar-refractivity contribution >= 4 is 17.8 Å². The molecule has 0 fully saturated rings. The maximum absolute atomic E-state index is 6.04. The number of hydrazine groups is 1. The number of nitrogens with one attached hydrogen (secondary N) is 2. The highest BCUT2D eigenvalue weighted by atomic mass is 15.5. The molecule has 8 heteroatoms. The minimum atomic E-state index is -0.284. The molecule has 2 unspecified atom stereocenters. The average molecular weight is 300 g/mol. The Bertz CT molecular complexity index is 621. The van der Waals surface area contributed by atoms with Crippen molar-refractivity contribution in [2.45, 2.75) is 25.7 Å². The molecular weight excluding hydrogens is 280 g/mol. The molecule has 6 N–H and O–H groups in total. The second-order valence-electron chi connectivity index (χ2n) is 5.07. The molecule has 3 rings (SSSR count). The molecule has 2 aliphatic heterocycles. The number of hydrogen-bond donors (Lipinski definition) is 4. The third-order valence-corrected chi connectivity index (χ3v) is 3.69. The van der Waals surface area contributed by atoms with Crippen LogP contribution in [0.2, 0.25) is 0 Å². The van der Waals surface area contributed by atoms with Crippen LogP contribution in [0.4, 0.5) is 0 Å². The number of benzene rings is 1. The van der Waals surface area contributed by atoms with E-state index in [0.29, 0.717) is 24.3 Å². The van der Waals surface area contributed by atoms with Crippen molar-refractivity contribution < 1.29 is 0 Å². The lowest BCUT2D eigenvalue weighted by Gasteiger charge is -2.28. The van der Waals surface area contributed by atoms with Crippen LogP contribution >= 0.6 is 0 Å². The van der Waals surface area contributed by atoms with Crippen molar-refractivity contribution in [1.29, 1.82) is 0 Å². The normalized spacial score (nSPS) is 23.4. The topological polar surface area (TPSA) is 116 Å². The summed E-state index contributed by atoms with van der Waals surface area (Å²) in [5, 5.41) is 3.21. The van der Waals surface area contributed by atoms with E-state index >= 15 is 0 Å². The molecule has 8 nitrogen and oxygen atoms in total. The van der Waals surface area contributed by atoms with Gasteiger partial charge in [-0.2, -0.15) is 4.99 Å². The van der Waals surface area contributed by atoms with Gasteiger partial charge in [0.05, 0.1) is 0 Å². The standard InChI is InChI=1S/C14H20N8/c1-2-22-12-10(18-14(22)21-16)11(15)19-13(20-12)17-8-9-6-4-3-5-7-9/h3-7,10,12H,2,8,16H2,1H3,(H,18,21)(H3,15,17,19,20). The average Bonchev–Trinajstić information content (AvgIpc) is 2.92. The molecule has 0 radical (unpaired) electrons. The van der Waals surface area contributed by atoms with E-state index in [4.69, 9.17) is 11.6 Å². The Hall–Kier alpha value is -2.61. The molecule has 2 atom stereocenters. The Morgan fingerprint density at radius 2 is 2.00 bits per heavy atom. The third-order valence-electron chi connectivity index (χ3n) is 3.69. The maximum atomic E-state index is 6.04. The molecule has 22 heavy (non-hydrogen) atoms. The SMILES string of the molecule is CCN1C(NN)=NC2C(N)=NC(NCc3ccccc3)=NC21. The van der Waals surface area contributed by atoms with E-state index < -0.39 is 0 Å². The molecule has 2 aliphatic rings. The van der Waals surface area contributed by atoms with Gasteiger partial charge < -0.3 is 16.0 Å². The molecule has 0 spiro atoms. The Balaban J connectivity index is 1.75. The molecule has 0 saturated carbocycles. The largest absolute Gasteiger partial charge is 0.385 e. The zero-order valence-corrected chi connectivity index (χ0v) is 12.4. The van der Waals surface area contributed by atoms with E-state index in [1.165, 1.54) is 0 Å². The zero-order chi connectivity index (χ0) is 15.5. The number of likely N-dealkylation sites (N-methyl/N-ethyl adjacent to an activating group) is 1. The molecule has 0 saturated heterocycles. The van der Waals surface area contributed by atoms with Gasteiger partial charge in [-0.15, -0.1) is 0 Å². The van der Waals surface area contributed by atoms with Gasteiger partial charge in [0.2, 0.25) is 11.9 Å². The Morgan fingerprint density at radius 3 is 2.68 bits per heavy atom. The Morgan fingerprint density at radius 1 is 1.23 bits per heavy atom. The van der Waals surface area contributed by atoms with Crippen molar-refractivity contribution in [3.05, 3.63) is 35.9 Å². The summed E-state index contributed by atoms with van der Waals surface area (Å²) in [4.78, 5) is 15.3. The molecule has 0 bridgehead atoms. The summed E-state index contributed by atoms with van der Waals surface area (Å²) in [6.07, 6.45) is -0.202. The van der Waals surface area contributed by atoms with Crippen LogP contribution in [0, 0.1) is 0 Å². The van der Waals surface area contributed by atoms with Gasteiger partial charge in [-0.1, -0.05) is 30.3 Å². The number of rotatable bonds is 3. The van der Waals surface area contributed by atoms with Gasteiger partial charge in [-0.3, -0.25) is 5.43 Å². The molecular formula is C14H20N8. The van der Waals surface area contributed by atoms with Gasteiger partial charge in [-0.05, 0) is 12.5 Å². The highest BCUT2D eigenvalue weighted by Gasteiger charge is 2.39. The number of amidine groups is 1. The summed E-state index contributed by atoms with van der Waals surface area (Å²) in [6, 6.07) is 9.78. The summed E-state index contributed by atoms with van der Waals surface area (Å²) in [5.74, 6) is 7.05. The second kappa shape index (κ2) is 6.02. The maximum Gasteiger partial charge on any atom is 0.222 e. The van der Waals surface area contributed by atoms with Crippen LogP contribution in [0.15, 0.2) is 45.3 Å². The highest BCUT2D eigenvalue weighted by molar-refractivity contribution is 6.03. The zero-order valence-electron chi connectivity index (χ0n) is 12.4. The van der Waals surface area contributed by atoms with E-state index in [1.807, 2.05) is 42.2 Å². The Labute approximate surface area is 129 Å². The first kappa shape index (κ1) is 14.3. The molecule has 1 aromatic rings. The lowest BCUT2D eigenvalue weighted by molar-refractivity contribution is 0.340. The number of hydrogen-bond acceptors (Lipinski definition) is 8. The predicted molar refractivity (Wildman–Crippen MR) is 87.1 cm³/mol. The summed E-state index contributed by atoms with van der Waals surface area (Å²) in [5.41, 5.74) is 9.78. The van der Waals surface area contributed by atoms with Crippen molar-refractivity contribution in [2.24, 2.45) is 26.6 Å². The minimum absolute atomic E-state index is 0.202. The number of aliphatic imine (C=N–C) groups is 3. The number of nitrogens with two attached hydrogens (primary N) is 2. The van der Waals surface area contributed by atoms with Gasteiger partial charge in [0.25, 0.3) is 0 Å².